The van der Waals surface area contributed by atoms with Crippen molar-refractivity contribution in [3.63, 3.8) is 0 Å². The van der Waals surface area contributed by atoms with Crippen molar-refractivity contribution in [1.29, 1.82) is 0 Å². The summed E-state index contributed by atoms with van der Waals surface area (Å²) in [5.41, 5.74) is 0.911. The van der Waals surface area contributed by atoms with E-state index >= 15 is 0 Å². The SMILES string of the molecule is CCCCNc1ccc(CC(=O)O)cc1F. The summed E-state index contributed by atoms with van der Waals surface area (Å²) in [5.74, 6) is -1.35. The molecule has 0 spiro atoms. The van der Waals surface area contributed by atoms with Crippen molar-refractivity contribution in [3.8, 4) is 0 Å². The first-order valence-corrected chi connectivity index (χ1v) is 5.37. The summed E-state index contributed by atoms with van der Waals surface area (Å²) in [6.07, 6.45) is 1.88. The second-order valence-electron chi connectivity index (χ2n) is 3.67. The lowest BCUT2D eigenvalue weighted by Crippen LogP contribution is -2.05. The molecule has 0 aliphatic rings. The van der Waals surface area contributed by atoms with E-state index in [9.17, 15) is 9.18 Å². The molecule has 0 atom stereocenters. The Bertz CT molecular complexity index is 366. The van der Waals surface area contributed by atoms with Gasteiger partial charge in [-0.2, -0.15) is 0 Å². The molecular formula is C12H16FNO2. The Balaban J connectivity index is 2.64. The maximum atomic E-state index is 13.5. The fourth-order valence-corrected chi connectivity index (χ4v) is 1.39. The van der Waals surface area contributed by atoms with Gasteiger partial charge in [0, 0.05) is 6.54 Å². The van der Waals surface area contributed by atoms with E-state index in [2.05, 4.69) is 12.2 Å². The van der Waals surface area contributed by atoms with Crippen LogP contribution < -0.4 is 5.32 Å². The van der Waals surface area contributed by atoms with Gasteiger partial charge in [0.2, 0.25) is 0 Å². The van der Waals surface area contributed by atoms with E-state index < -0.39 is 11.8 Å². The van der Waals surface area contributed by atoms with Crippen molar-refractivity contribution in [2.45, 2.75) is 26.2 Å². The zero-order valence-electron chi connectivity index (χ0n) is 9.29. The van der Waals surface area contributed by atoms with Crippen LogP contribution >= 0.6 is 0 Å². The number of carboxylic acids is 1. The Kier molecular flexibility index (Phi) is 4.76. The average molecular weight is 225 g/mol. The third-order valence-corrected chi connectivity index (χ3v) is 2.23. The topological polar surface area (TPSA) is 49.3 Å². The van der Waals surface area contributed by atoms with Crippen molar-refractivity contribution in [2.24, 2.45) is 0 Å². The normalized spacial score (nSPS) is 10.1. The number of hydrogen-bond acceptors (Lipinski definition) is 2. The van der Waals surface area contributed by atoms with Gasteiger partial charge in [-0.05, 0) is 24.1 Å². The molecule has 0 saturated heterocycles. The maximum absolute atomic E-state index is 13.5. The van der Waals surface area contributed by atoms with E-state index in [-0.39, 0.29) is 6.42 Å². The van der Waals surface area contributed by atoms with E-state index in [1.807, 2.05) is 0 Å². The molecule has 1 aromatic carbocycles. The molecule has 88 valence electrons. The lowest BCUT2D eigenvalue weighted by Gasteiger charge is -2.07. The number of anilines is 1. The summed E-state index contributed by atoms with van der Waals surface area (Å²) in [5, 5.41) is 11.5. The fraction of sp³-hybridized carbons (Fsp3) is 0.417. The molecule has 2 N–H and O–H groups in total. The number of rotatable bonds is 6. The fourth-order valence-electron chi connectivity index (χ4n) is 1.39. The molecule has 0 unspecified atom stereocenters. The molecule has 0 aliphatic heterocycles. The van der Waals surface area contributed by atoms with Crippen LogP contribution in [0.15, 0.2) is 18.2 Å². The van der Waals surface area contributed by atoms with Crippen LogP contribution in [0.5, 0.6) is 0 Å². The molecule has 0 amide bonds. The highest BCUT2D eigenvalue weighted by atomic mass is 19.1. The molecule has 4 heteroatoms. The number of halogens is 1. The average Bonchev–Trinajstić information content (AvgIpc) is 2.20. The zero-order valence-corrected chi connectivity index (χ0v) is 9.29. The van der Waals surface area contributed by atoms with Crippen LogP contribution in [0, 0.1) is 5.82 Å². The van der Waals surface area contributed by atoms with Gasteiger partial charge in [-0.1, -0.05) is 19.4 Å². The highest BCUT2D eigenvalue weighted by molar-refractivity contribution is 5.70. The lowest BCUT2D eigenvalue weighted by atomic mass is 10.1. The number of aliphatic carboxylic acids is 1. The van der Waals surface area contributed by atoms with Gasteiger partial charge in [0.1, 0.15) is 5.82 Å². The van der Waals surface area contributed by atoms with Gasteiger partial charge in [-0.15, -0.1) is 0 Å². The highest BCUT2D eigenvalue weighted by Crippen LogP contribution is 2.16. The highest BCUT2D eigenvalue weighted by Gasteiger charge is 2.05. The van der Waals surface area contributed by atoms with Crippen LogP contribution in [0.3, 0.4) is 0 Å². The van der Waals surface area contributed by atoms with Gasteiger partial charge in [-0.3, -0.25) is 4.79 Å². The first-order valence-electron chi connectivity index (χ1n) is 5.37. The van der Waals surface area contributed by atoms with Crippen molar-refractivity contribution in [3.05, 3.63) is 29.6 Å². The molecule has 0 fully saturated rings. The third-order valence-electron chi connectivity index (χ3n) is 2.23. The van der Waals surface area contributed by atoms with Gasteiger partial charge >= 0.3 is 5.97 Å². The minimum absolute atomic E-state index is 0.147. The molecule has 16 heavy (non-hydrogen) atoms. The number of carbonyl (C=O) groups is 1. The zero-order chi connectivity index (χ0) is 12.0. The van der Waals surface area contributed by atoms with Gasteiger partial charge in [-0.25, -0.2) is 4.39 Å². The molecule has 0 saturated carbocycles. The molecule has 3 nitrogen and oxygen atoms in total. The van der Waals surface area contributed by atoms with Crippen LogP contribution in [0.1, 0.15) is 25.3 Å². The van der Waals surface area contributed by atoms with Gasteiger partial charge in [0.05, 0.1) is 12.1 Å². The van der Waals surface area contributed by atoms with Crippen LogP contribution in [-0.4, -0.2) is 17.6 Å². The molecular weight excluding hydrogens is 209 g/mol. The minimum Gasteiger partial charge on any atom is -0.481 e. The first kappa shape index (κ1) is 12.5. The molecule has 1 aromatic rings. The molecule has 0 aliphatic carbocycles. The minimum atomic E-state index is -0.953. The standard InChI is InChI=1S/C12H16FNO2/c1-2-3-6-14-11-5-4-9(7-10(11)13)8-12(15)16/h4-5,7,14H,2-3,6,8H2,1H3,(H,15,16). The second-order valence-corrected chi connectivity index (χ2v) is 3.67. The Morgan fingerprint density at radius 3 is 2.81 bits per heavy atom. The van der Waals surface area contributed by atoms with E-state index in [0.29, 0.717) is 11.3 Å². The number of unbranched alkanes of at least 4 members (excludes halogenated alkanes) is 1. The Hall–Kier alpha value is -1.58. The summed E-state index contributed by atoms with van der Waals surface area (Å²) in [6, 6.07) is 4.48. The Morgan fingerprint density at radius 1 is 1.50 bits per heavy atom. The van der Waals surface area contributed by atoms with Gasteiger partial charge in [0.25, 0.3) is 0 Å². The van der Waals surface area contributed by atoms with Crippen molar-refractivity contribution >= 4 is 11.7 Å². The first-order chi connectivity index (χ1) is 7.63. The molecule has 0 bridgehead atoms. The monoisotopic (exact) mass is 225 g/mol. The number of benzene rings is 1. The number of carboxylic acid groups (broad SMARTS) is 1. The Morgan fingerprint density at radius 2 is 2.25 bits per heavy atom. The van der Waals surface area contributed by atoms with Crippen LogP contribution in [-0.2, 0) is 11.2 Å². The smallest absolute Gasteiger partial charge is 0.307 e. The second kappa shape index (κ2) is 6.10. The summed E-state index contributed by atoms with van der Waals surface area (Å²) in [7, 11) is 0. The molecule has 0 heterocycles. The van der Waals surface area contributed by atoms with Crippen LogP contribution in [0.2, 0.25) is 0 Å². The van der Waals surface area contributed by atoms with Crippen LogP contribution in [0.4, 0.5) is 10.1 Å². The number of hydrogen-bond donors (Lipinski definition) is 2. The Labute approximate surface area is 94.3 Å². The lowest BCUT2D eigenvalue weighted by molar-refractivity contribution is -0.136. The summed E-state index contributed by atoms with van der Waals surface area (Å²) < 4.78 is 13.5. The van der Waals surface area contributed by atoms with E-state index in [1.165, 1.54) is 6.07 Å². The summed E-state index contributed by atoms with van der Waals surface area (Å²) in [4.78, 5) is 10.4. The van der Waals surface area contributed by atoms with Crippen molar-refractivity contribution in [1.82, 2.24) is 0 Å². The third kappa shape index (κ3) is 3.88. The van der Waals surface area contributed by atoms with Crippen LogP contribution in [0.25, 0.3) is 0 Å². The largest absolute Gasteiger partial charge is 0.481 e. The maximum Gasteiger partial charge on any atom is 0.307 e. The predicted molar refractivity (Wildman–Crippen MR) is 61.1 cm³/mol. The number of nitrogens with one attached hydrogen (secondary N) is 1. The molecule has 0 radical (unpaired) electrons. The van der Waals surface area contributed by atoms with Crippen molar-refractivity contribution in [2.75, 3.05) is 11.9 Å². The van der Waals surface area contributed by atoms with Gasteiger partial charge in [0.15, 0.2) is 0 Å². The quantitative estimate of drug-likeness (QED) is 0.732. The van der Waals surface area contributed by atoms with E-state index in [0.717, 1.165) is 19.4 Å². The summed E-state index contributed by atoms with van der Waals surface area (Å²) >= 11 is 0. The van der Waals surface area contributed by atoms with E-state index in [4.69, 9.17) is 5.11 Å². The predicted octanol–water partition coefficient (Wildman–Crippen LogP) is 2.66. The van der Waals surface area contributed by atoms with Gasteiger partial charge < -0.3 is 10.4 Å². The molecule has 1 rings (SSSR count). The van der Waals surface area contributed by atoms with E-state index in [1.54, 1.807) is 12.1 Å². The van der Waals surface area contributed by atoms with Crippen molar-refractivity contribution < 1.29 is 14.3 Å². The summed E-state index contributed by atoms with van der Waals surface area (Å²) in [6.45, 7) is 2.79. The molecule has 0 aromatic heterocycles.